The van der Waals surface area contributed by atoms with Gasteiger partial charge in [0.25, 0.3) is 0 Å². The van der Waals surface area contributed by atoms with Gasteiger partial charge in [-0.05, 0) is 30.7 Å². The highest BCUT2D eigenvalue weighted by Gasteiger charge is 2.19. The van der Waals surface area contributed by atoms with Gasteiger partial charge in [0.1, 0.15) is 29.9 Å². The van der Waals surface area contributed by atoms with Gasteiger partial charge in [-0.25, -0.2) is 9.13 Å². The molecule has 2 aromatic carbocycles. The number of rotatable bonds is 7. The minimum absolute atomic E-state index is 0. The molecule has 0 bridgehead atoms. The van der Waals surface area contributed by atoms with Crippen molar-refractivity contribution in [3.05, 3.63) is 54.6 Å². The van der Waals surface area contributed by atoms with Gasteiger partial charge in [-0.1, -0.05) is 43.7 Å². The van der Waals surface area contributed by atoms with E-state index < -0.39 is 0 Å². The predicted molar refractivity (Wildman–Crippen MR) is 93.4 cm³/mol. The highest BCUT2D eigenvalue weighted by molar-refractivity contribution is 5.73. The average Bonchev–Trinajstić information content (AvgIpc) is 2.86. The van der Waals surface area contributed by atoms with E-state index in [1.807, 2.05) is 30.3 Å². The first-order chi connectivity index (χ1) is 11.3. The summed E-state index contributed by atoms with van der Waals surface area (Å²) in [5, 5.41) is 0. The van der Waals surface area contributed by atoms with Crippen molar-refractivity contribution in [1.82, 2.24) is 4.57 Å². The standard InChI is InChI=1S/C19H23N3O.ClH/c1-2-3-13-21-17-11-7-8-12-18(17)22(19(21)20)14-15-23-16-9-5-4-6-10-16;/h4-12,20H,2-3,13-15H2,1H3;1H. The van der Waals surface area contributed by atoms with Crippen LogP contribution in [-0.4, -0.2) is 11.2 Å². The number of nitrogens with zero attached hydrogens (tertiary/aromatic N) is 2. The maximum atomic E-state index is 6.41. The Balaban J connectivity index is 0.00000208. The predicted octanol–water partition coefficient (Wildman–Crippen LogP) is 0.394. The fraction of sp³-hybridized carbons (Fsp3) is 0.316. The van der Waals surface area contributed by atoms with Gasteiger partial charge in [-0.15, -0.1) is 0 Å². The number of benzene rings is 2. The molecule has 0 spiro atoms. The van der Waals surface area contributed by atoms with Gasteiger partial charge < -0.3 is 17.1 Å². The lowest BCUT2D eigenvalue weighted by atomic mass is 10.3. The lowest BCUT2D eigenvalue weighted by Crippen LogP contribution is -3.00. The molecular formula is C19H24ClN3O. The monoisotopic (exact) mass is 345 g/mol. The summed E-state index contributed by atoms with van der Waals surface area (Å²) in [7, 11) is 0. The van der Waals surface area contributed by atoms with E-state index in [1.165, 1.54) is 5.52 Å². The third-order valence-corrected chi connectivity index (χ3v) is 4.08. The number of aromatic nitrogens is 2. The zero-order valence-corrected chi connectivity index (χ0v) is 14.7. The molecule has 0 saturated heterocycles. The van der Waals surface area contributed by atoms with E-state index in [2.05, 4.69) is 40.3 Å². The van der Waals surface area contributed by atoms with E-state index in [1.54, 1.807) is 0 Å². The molecule has 3 rings (SSSR count). The van der Waals surface area contributed by atoms with Gasteiger partial charge in [0.2, 0.25) is 0 Å². The molecule has 0 amide bonds. The van der Waals surface area contributed by atoms with Crippen LogP contribution in [0.1, 0.15) is 19.8 Å². The van der Waals surface area contributed by atoms with Gasteiger partial charge in [0.15, 0.2) is 0 Å². The zero-order chi connectivity index (χ0) is 16.1. The van der Waals surface area contributed by atoms with Crippen LogP contribution in [0.2, 0.25) is 0 Å². The van der Waals surface area contributed by atoms with Gasteiger partial charge in [-0.3, -0.25) is 5.73 Å². The van der Waals surface area contributed by atoms with E-state index in [0.29, 0.717) is 6.61 Å². The van der Waals surface area contributed by atoms with Crippen LogP contribution in [0.4, 0.5) is 5.95 Å². The molecule has 0 aliphatic heterocycles. The van der Waals surface area contributed by atoms with Crippen LogP contribution in [0, 0.1) is 0 Å². The summed E-state index contributed by atoms with van der Waals surface area (Å²) in [6.07, 6.45) is 2.28. The maximum Gasteiger partial charge on any atom is 0.356 e. The van der Waals surface area contributed by atoms with E-state index in [4.69, 9.17) is 10.5 Å². The molecule has 3 aromatic rings. The SMILES string of the molecule is CCCC[n+]1c(N)n(CCOc2ccccc2)c2ccccc21.[Cl-]. The number of nitrogens with two attached hydrogens (primary N) is 1. The second-order valence-corrected chi connectivity index (χ2v) is 5.67. The number of para-hydroxylation sites is 3. The van der Waals surface area contributed by atoms with Crippen LogP contribution in [-0.2, 0) is 13.1 Å². The third-order valence-electron chi connectivity index (χ3n) is 4.08. The molecule has 0 radical (unpaired) electrons. The van der Waals surface area contributed by atoms with Crippen molar-refractivity contribution in [3.8, 4) is 5.75 Å². The molecule has 1 heterocycles. The fourth-order valence-electron chi connectivity index (χ4n) is 2.87. The number of hydrogen-bond donors (Lipinski definition) is 1. The highest BCUT2D eigenvalue weighted by Crippen LogP contribution is 2.17. The summed E-state index contributed by atoms with van der Waals surface area (Å²) in [6.45, 7) is 4.49. The number of fused-ring (bicyclic) bond motifs is 1. The minimum Gasteiger partial charge on any atom is -1.00 e. The minimum atomic E-state index is 0. The summed E-state index contributed by atoms with van der Waals surface area (Å²) >= 11 is 0. The Bertz CT molecular complexity index is 771. The smallest absolute Gasteiger partial charge is 0.356 e. The van der Waals surface area contributed by atoms with Crippen LogP contribution in [0.25, 0.3) is 11.0 Å². The van der Waals surface area contributed by atoms with Crippen LogP contribution in [0.3, 0.4) is 0 Å². The van der Waals surface area contributed by atoms with E-state index in [-0.39, 0.29) is 12.4 Å². The number of nitrogen functional groups attached to an aromatic ring is 1. The average molecular weight is 346 g/mol. The number of anilines is 1. The van der Waals surface area contributed by atoms with Crippen molar-refractivity contribution in [3.63, 3.8) is 0 Å². The lowest BCUT2D eigenvalue weighted by molar-refractivity contribution is -0.657. The number of aryl methyl sites for hydroxylation is 1. The molecule has 0 atom stereocenters. The number of unbranched alkanes of at least 4 members (excludes halogenated alkanes) is 1. The molecule has 1 aromatic heterocycles. The lowest BCUT2D eigenvalue weighted by Gasteiger charge is -2.06. The largest absolute Gasteiger partial charge is 1.00 e. The maximum absolute atomic E-state index is 6.41. The fourth-order valence-corrected chi connectivity index (χ4v) is 2.87. The van der Waals surface area contributed by atoms with Gasteiger partial charge in [-0.2, -0.15) is 0 Å². The number of imidazole rings is 1. The Labute approximate surface area is 149 Å². The Morgan fingerprint density at radius 3 is 2.50 bits per heavy atom. The number of halogens is 1. The normalized spacial score (nSPS) is 10.5. The summed E-state index contributed by atoms with van der Waals surface area (Å²) in [4.78, 5) is 0. The zero-order valence-electron chi connectivity index (χ0n) is 14.0. The first kappa shape index (κ1) is 18.1. The van der Waals surface area contributed by atoms with Crippen molar-refractivity contribution in [1.29, 1.82) is 0 Å². The second kappa shape index (κ2) is 8.60. The van der Waals surface area contributed by atoms with E-state index in [9.17, 15) is 0 Å². The molecule has 2 N–H and O–H groups in total. The number of ether oxygens (including phenoxy) is 1. The Kier molecular flexibility index (Phi) is 6.50. The molecule has 0 fully saturated rings. The van der Waals surface area contributed by atoms with Gasteiger partial charge in [0.05, 0.1) is 6.54 Å². The first-order valence-electron chi connectivity index (χ1n) is 8.25. The van der Waals surface area contributed by atoms with Gasteiger partial charge >= 0.3 is 5.95 Å². The molecule has 0 saturated carbocycles. The van der Waals surface area contributed by atoms with Gasteiger partial charge in [0, 0.05) is 0 Å². The van der Waals surface area contributed by atoms with E-state index in [0.717, 1.165) is 43.1 Å². The summed E-state index contributed by atoms with van der Waals surface area (Å²) < 4.78 is 10.2. The van der Waals surface area contributed by atoms with Crippen molar-refractivity contribution >= 4 is 17.0 Å². The van der Waals surface area contributed by atoms with Crippen molar-refractivity contribution in [2.24, 2.45) is 0 Å². The second-order valence-electron chi connectivity index (χ2n) is 5.67. The van der Waals surface area contributed by atoms with Crippen LogP contribution >= 0.6 is 0 Å². The van der Waals surface area contributed by atoms with Crippen molar-refractivity contribution in [2.75, 3.05) is 12.3 Å². The van der Waals surface area contributed by atoms with Crippen molar-refractivity contribution in [2.45, 2.75) is 32.9 Å². The van der Waals surface area contributed by atoms with Crippen molar-refractivity contribution < 1.29 is 21.7 Å². The molecule has 0 unspecified atom stereocenters. The van der Waals surface area contributed by atoms with Crippen LogP contribution in [0.5, 0.6) is 5.75 Å². The van der Waals surface area contributed by atoms with Crippen LogP contribution in [0.15, 0.2) is 54.6 Å². The van der Waals surface area contributed by atoms with E-state index >= 15 is 0 Å². The summed E-state index contributed by atoms with van der Waals surface area (Å²) in [6, 6.07) is 18.3. The molecule has 24 heavy (non-hydrogen) atoms. The molecule has 0 aliphatic rings. The van der Waals surface area contributed by atoms with Crippen LogP contribution < -0.4 is 27.4 Å². The Morgan fingerprint density at radius 2 is 1.75 bits per heavy atom. The molecule has 5 heteroatoms. The first-order valence-corrected chi connectivity index (χ1v) is 8.25. The quantitative estimate of drug-likeness (QED) is 0.630. The molecule has 0 aliphatic carbocycles. The number of hydrogen-bond acceptors (Lipinski definition) is 2. The summed E-state index contributed by atoms with van der Waals surface area (Å²) in [5.41, 5.74) is 8.76. The highest BCUT2D eigenvalue weighted by atomic mass is 35.5. The Morgan fingerprint density at radius 1 is 1.04 bits per heavy atom. The molecule has 128 valence electrons. The molecular weight excluding hydrogens is 322 g/mol. The molecule has 4 nitrogen and oxygen atoms in total. The third kappa shape index (κ3) is 3.82. The topological polar surface area (TPSA) is 44.1 Å². The summed E-state index contributed by atoms with van der Waals surface area (Å²) in [5.74, 6) is 1.69. The Hall–Kier alpha value is -2.20.